The van der Waals surface area contributed by atoms with Gasteiger partial charge in [-0.05, 0) is 5.56 Å². The monoisotopic (exact) mass is 193 g/mol. The molecule has 0 unspecified atom stereocenters. The number of rotatable bonds is 5. The van der Waals surface area contributed by atoms with Crippen LogP contribution in [0, 0.1) is 0 Å². The molecule has 0 aliphatic carbocycles. The van der Waals surface area contributed by atoms with Gasteiger partial charge in [0, 0.05) is 12.0 Å². The minimum Gasteiger partial charge on any atom is -0.303 e. The summed E-state index contributed by atoms with van der Waals surface area (Å²) in [4.78, 5) is 0. The van der Waals surface area contributed by atoms with Crippen LogP contribution in [0.4, 0.5) is 0 Å². The minimum atomic E-state index is 0.137. The lowest BCUT2D eigenvalue weighted by Gasteiger charge is -2.25. The zero-order valence-electron chi connectivity index (χ0n) is 8.88. The first kappa shape index (κ1) is 11.2. The van der Waals surface area contributed by atoms with Gasteiger partial charge in [0.25, 0.3) is 0 Å². The zero-order chi connectivity index (χ0) is 10.4. The van der Waals surface area contributed by atoms with Crippen molar-refractivity contribution in [2.45, 2.75) is 19.3 Å². The molecule has 0 amide bonds. The average molecular weight is 193 g/mol. The largest absolute Gasteiger partial charge is 0.303 e. The molecule has 3 nitrogen and oxygen atoms in total. The summed E-state index contributed by atoms with van der Waals surface area (Å²) in [5, 5.41) is 3.24. The average Bonchev–Trinajstić information content (AvgIpc) is 2.19. The van der Waals surface area contributed by atoms with Crippen LogP contribution in [-0.4, -0.2) is 13.2 Å². The zero-order valence-corrected chi connectivity index (χ0v) is 8.88. The van der Waals surface area contributed by atoms with E-state index < -0.39 is 0 Å². The van der Waals surface area contributed by atoms with Crippen LogP contribution in [0.25, 0.3) is 0 Å². The van der Waals surface area contributed by atoms with E-state index in [9.17, 15) is 0 Å². The molecule has 14 heavy (non-hydrogen) atoms. The fourth-order valence-electron chi connectivity index (χ4n) is 1.44. The fraction of sp³-hybridized carbons (Fsp3) is 0.455. The molecule has 0 atom stereocenters. The van der Waals surface area contributed by atoms with E-state index in [-0.39, 0.29) is 5.41 Å². The predicted molar refractivity (Wildman–Crippen MR) is 59.7 cm³/mol. The fourth-order valence-corrected chi connectivity index (χ4v) is 1.44. The van der Waals surface area contributed by atoms with Crippen LogP contribution in [0.1, 0.15) is 19.4 Å². The Kier molecular flexibility index (Phi) is 4.07. The Morgan fingerprint density at radius 3 is 2.43 bits per heavy atom. The summed E-state index contributed by atoms with van der Waals surface area (Å²) >= 11 is 0. The first-order chi connectivity index (χ1) is 6.67. The minimum absolute atomic E-state index is 0.137. The van der Waals surface area contributed by atoms with Crippen LogP contribution in [0.15, 0.2) is 30.3 Å². The number of nitrogens with one attached hydrogen (secondary N) is 2. The van der Waals surface area contributed by atoms with Crippen LogP contribution >= 0.6 is 0 Å². The lowest BCUT2D eigenvalue weighted by atomic mass is 9.85. The predicted octanol–water partition coefficient (Wildman–Crippen LogP) is 0.975. The lowest BCUT2D eigenvalue weighted by Crippen LogP contribution is -2.40. The van der Waals surface area contributed by atoms with Crippen molar-refractivity contribution < 1.29 is 0 Å². The molecule has 0 fully saturated rings. The van der Waals surface area contributed by atoms with Gasteiger partial charge in [-0.25, -0.2) is 5.43 Å². The Labute approximate surface area is 85.7 Å². The van der Waals surface area contributed by atoms with Crippen molar-refractivity contribution in [2.24, 2.45) is 5.84 Å². The van der Waals surface area contributed by atoms with E-state index in [1.165, 1.54) is 5.56 Å². The number of hydrogen-bond donors (Lipinski definition) is 3. The lowest BCUT2D eigenvalue weighted by molar-refractivity contribution is 0.455. The summed E-state index contributed by atoms with van der Waals surface area (Å²) in [6.07, 6.45) is 0. The van der Waals surface area contributed by atoms with Crippen molar-refractivity contribution >= 4 is 0 Å². The molecule has 0 aliphatic heterocycles. The third-order valence-electron chi connectivity index (χ3n) is 2.35. The van der Waals surface area contributed by atoms with Gasteiger partial charge in [0.1, 0.15) is 0 Å². The molecule has 1 aromatic rings. The highest BCUT2D eigenvalue weighted by Crippen LogP contribution is 2.21. The van der Waals surface area contributed by atoms with Crippen LogP contribution in [-0.2, 0) is 5.41 Å². The van der Waals surface area contributed by atoms with E-state index in [0.717, 1.165) is 6.54 Å². The molecule has 0 bridgehead atoms. The molecule has 1 aromatic carbocycles. The number of hydrogen-bond acceptors (Lipinski definition) is 3. The maximum Gasteiger partial charge on any atom is 0.0587 e. The molecule has 0 aromatic heterocycles. The molecule has 0 saturated carbocycles. The third-order valence-corrected chi connectivity index (χ3v) is 2.35. The van der Waals surface area contributed by atoms with Gasteiger partial charge in [-0.3, -0.25) is 5.84 Å². The van der Waals surface area contributed by atoms with Crippen molar-refractivity contribution in [3.63, 3.8) is 0 Å². The van der Waals surface area contributed by atoms with Gasteiger partial charge in [-0.15, -0.1) is 0 Å². The number of benzene rings is 1. The maximum absolute atomic E-state index is 5.18. The Morgan fingerprint density at radius 1 is 1.21 bits per heavy atom. The van der Waals surface area contributed by atoms with Crippen LogP contribution in [0.3, 0.4) is 0 Å². The highest BCUT2D eigenvalue weighted by Gasteiger charge is 2.18. The normalized spacial score (nSPS) is 11.6. The third kappa shape index (κ3) is 3.10. The van der Waals surface area contributed by atoms with Crippen molar-refractivity contribution in [3.8, 4) is 0 Å². The molecule has 3 heteroatoms. The van der Waals surface area contributed by atoms with Crippen molar-refractivity contribution in [2.75, 3.05) is 13.2 Å². The van der Waals surface area contributed by atoms with Crippen molar-refractivity contribution in [1.29, 1.82) is 0 Å². The molecule has 0 radical (unpaired) electrons. The van der Waals surface area contributed by atoms with E-state index in [2.05, 4.69) is 48.9 Å². The van der Waals surface area contributed by atoms with Gasteiger partial charge in [0.15, 0.2) is 0 Å². The molecular weight excluding hydrogens is 174 g/mol. The second-order valence-electron chi connectivity index (χ2n) is 4.06. The van der Waals surface area contributed by atoms with Crippen LogP contribution in [0.2, 0.25) is 0 Å². The summed E-state index contributed by atoms with van der Waals surface area (Å²) in [6, 6.07) is 10.5. The summed E-state index contributed by atoms with van der Waals surface area (Å²) in [7, 11) is 0. The second kappa shape index (κ2) is 5.10. The van der Waals surface area contributed by atoms with E-state index in [1.807, 2.05) is 6.07 Å². The van der Waals surface area contributed by atoms with E-state index >= 15 is 0 Å². The van der Waals surface area contributed by atoms with Crippen LogP contribution < -0.4 is 16.6 Å². The molecule has 0 saturated heterocycles. The topological polar surface area (TPSA) is 50.1 Å². The van der Waals surface area contributed by atoms with Gasteiger partial charge >= 0.3 is 0 Å². The summed E-state index contributed by atoms with van der Waals surface area (Å²) < 4.78 is 0. The maximum atomic E-state index is 5.18. The molecule has 1 rings (SSSR count). The smallest absolute Gasteiger partial charge is 0.0587 e. The molecule has 78 valence electrons. The second-order valence-corrected chi connectivity index (χ2v) is 4.06. The van der Waals surface area contributed by atoms with Crippen LogP contribution in [0.5, 0.6) is 0 Å². The SMILES string of the molecule is CC(C)(CNCNN)c1ccccc1. The summed E-state index contributed by atoms with van der Waals surface area (Å²) in [5.41, 5.74) is 4.06. The van der Waals surface area contributed by atoms with E-state index in [0.29, 0.717) is 6.67 Å². The Hall–Kier alpha value is -0.900. The quantitative estimate of drug-likeness (QED) is 0.283. The van der Waals surface area contributed by atoms with Crippen molar-refractivity contribution in [3.05, 3.63) is 35.9 Å². The Bertz CT molecular complexity index is 256. The molecular formula is C11H19N3. The highest BCUT2D eigenvalue weighted by atomic mass is 15.3. The van der Waals surface area contributed by atoms with Gasteiger partial charge in [-0.1, -0.05) is 44.2 Å². The Balaban J connectivity index is 2.56. The Morgan fingerprint density at radius 2 is 1.86 bits per heavy atom. The van der Waals surface area contributed by atoms with Gasteiger partial charge in [0.05, 0.1) is 6.67 Å². The standard InChI is InChI=1S/C11H19N3/c1-11(2,8-13-9-14-12)10-6-4-3-5-7-10/h3-7,13-14H,8-9,12H2,1-2H3. The first-order valence-corrected chi connectivity index (χ1v) is 4.86. The van der Waals surface area contributed by atoms with E-state index in [1.54, 1.807) is 0 Å². The molecule has 0 aliphatic rings. The first-order valence-electron chi connectivity index (χ1n) is 4.86. The van der Waals surface area contributed by atoms with Gasteiger partial charge in [0.2, 0.25) is 0 Å². The molecule has 0 spiro atoms. The molecule has 0 heterocycles. The molecule has 4 N–H and O–H groups in total. The summed E-state index contributed by atoms with van der Waals surface area (Å²) in [6.45, 7) is 5.97. The van der Waals surface area contributed by atoms with Crippen molar-refractivity contribution in [1.82, 2.24) is 10.7 Å². The number of hydrazine groups is 1. The van der Waals surface area contributed by atoms with Gasteiger partial charge in [-0.2, -0.15) is 0 Å². The number of nitrogens with two attached hydrogens (primary N) is 1. The van der Waals surface area contributed by atoms with Gasteiger partial charge < -0.3 is 5.32 Å². The highest BCUT2D eigenvalue weighted by molar-refractivity contribution is 5.23. The summed E-state index contributed by atoms with van der Waals surface area (Å²) in [5.74, 6) is 5.18. The van der Waals surface area contributed by atoms with E-state index in [4.69, 9.17) is 5.84 Å².